The van der Waals surface area contributed by atoms with Gasteiger partial charge in [-0.3, -0.25) is 0 Å². The van der Waals surface area contributed by atoms with Gasteiger partial charge in [-0.15, -0.1) is 0 Å². The topological polar surface area (TPSA) is 72.2 Å². The van der Waals surface area contributed by atoms with E-state index in [9.17, 15) is 14.9 Å². The summed E-state index contributed by atoms with van der Waals surface area (Å²) in [6.45, 7) is 0.811. The van der Waals surface area contributed by atoms with Crippen molar-refractivity contribution in [1.82, 2.24) is 5.32 Å². The van der Waals surface area contributed by atoms with Crippen molar-refractivity contribution in [1.29, 1.82) is 0 Å². The molecule has 1 aliphatic rings. The molecule has 0 radical (unpaired) electrons. The van der Waals surface area contributed by atoms with E-state index in [-0.39, 0.29) is 17.5 Å². The SMILES string of the molecule is O=C(c1ccc([N+](=O)[O-])cc1[CH]=[Ru]([Cl])[Cl])[C@@H]1CCCN1. The number of benzene rings is 1. The van der Waals surface area contributed by atoms with Crippen LogP contribution in [0.5, 0.6) is 0 Å². The van der Waals surface area contributed by atoms with E-state index in [0.717, 1.165) is 19.4 Å². The van der Waals surface area contributed by atoms with E-state index in [1.165, 1.54) is 18.2 Å². The first-order valence-electron chi connectivity index (χ1n) is 5.88. The Morgan fingerprint density at radius 1 is 1.50 bits per heavy atom. The monoisotopic (exact) mass is 404 g/mol. The van der Waals surface area contributed by atoms with Crippen molar-refractivity contribution in [2.24, 2.45) is 0 Å². The Kier molecular flexibility index (Phi) is 5.38. The maximum absolute atomic E-state index is 12.4. The van der Waals surface area contributed by atoms with Crippen LogP contribution >= 0.6 is 19.4 Å². The van der Waals surface area contributed by atoms with Crippen LogP contribution in [0.1, 0.15) is 28.8 Å². The summed E-state index contributed by atoms with van der Waals surface area (Å²) in [5.41, 5.74) is 0.827. The molecule has 20 heavy (non-hydrogen) atoms. The first-order chi connectivity index (χ1) is 9.49. The number of hydrogen-bond acceptors (Lipinski definition) is 4. The van der Waals surface area contributed by atoms with E-state index in [0.29, 0.717) is 11.1 Å². The Morgan fingerprint density at radius 3 is 2.80 bits per heavy atom. The zero-order valence-corrected chi connectivity index (χ0v) is 13.5. The molecule has 0 aliphatic carbocycles. The Labute approximate surface area is 128 Å². The van der Waals surface area contributed by atoms with Crippen molar-refractivity contribution in [3.05, 3.63) is 39.4 Å². The molecule has 0 unspecified atom stereocenters. The number of ketones is 1. The van der Waals surface area contributed by atoms with Crippen molar-refractivity contribution in [2.45, 2.75) is 18.9 Å². The molecule has 0 bridgehead atoms. The van der Waals surface area contributed by atoms with Crippen molar-refractivity contribution in [3.63, 3.8) is 0 Å². The quantitative estimate of drug-likeness (QED) is 0.363. The van der Waals surface area contributed by atoms with Gasteiger partial charge in [-0.25, -0.2) is 0 Å². The molecule has 1 aliphatic heterocycles. The van der Waals surface area contributed by atoms with Gasteiger partial charge in [0.2, 0.25) is 0 Å². The van der Waals surface area contributed by atoms with Gasteiger partial charge in [0.1, 0.15) is 0 Å². The second kappa shape index (κ2) is 6.85. The van der Waals surface area contributed by atoms with Gasteiger partial charge in [-0.2, -0.15) is 0 Å². The number of carbonyl (C=O) groups is 1. The van der Waals surface area contributed by atoms with E-state index < -0.39 is 18.4 Å². The van der Waals surface area contributed by atoms with E-state index in [1.807, 2.05) is 0 Å². The number of rotatable bonds is 4. The number of hydrogen-bond donors (Lipinski definition) is 1. The fraction of sp³-hybridized carbons (Fsp3) is 0.333. The molecule has 1 aromatic rings. The van der Waals surface area contributed by atoms with E-state index >= 15 is 0 Å². The standard InChI is InChI=1S/C12H12N2O3.2ClH.Ru/c1-8-7-9(14(16)17)4-5-10(8)12(15)11-3-2-6-13-11;;;/h1,4-5,7,11,13H,2-3,6H2;2*1H;/q;;;+2/p-2/t11-;;;/m0.../s1. The third-order valence-electron chi connectivity index (χ3n) is 3.08. The molecule has 1 atom stereocenters. The third kappa shape index (κ3) is 3.70. The summed E-state index contributed by atoms with van der Waals surface area (Å²) in [5.74, 6) is -0.0626. The van der Waals surface area contributed by atoms with Gasteiger partial charge in [0.25, 0.3) is 0 Å². The number of Topliss-reactive ketones (excluding diaryl/α,β-unsaturated/α-hetero) is 1. The van der Waals surface area contributed by atoms with Crippen LogP contribution in [-0.2, 0) is 13.5 Å². The number of halogens is 2. The number of non-ortho nitro benzene ring substituents is 1. The fourth-order valence-corrected chi connectivity index (χ4v) is 3.96. The van der Waals surface area contributed by atoms with Crippen LogP contribution in [0.2, 0.25) is 0 Å². The molecule has 1 aromatic carbocycles. The average Bonchev–Trinajstić information content (AvgIpc) is 2.91. The van der Waals surface area contributed by atoms with Gasteiger partial charge < -0.3 is 0 Å². The molecule has 1 N–H and O–H groups in total. The second-order valence-electron chi connectivity index (χ2n) is 4.35. The zero-order chi connectivity index (χ0) is 14.7. The van der Waals surface area contributed by atoms with Crippen LogP contribution in [0.15, 0.2) is 18.2 Å². The number of nitrogens with one attached hydrogen (secondary N) is 1. The van der Waals surface area contributed by atoms with Crippen LogP contribution in [-0.4, -0.2) is 27.9 Å². The van der Waals surface area contributed by atoms with E-state index in [1.54, 1.807) is 4.61 Å². The summed E-state index contributed by atoms with van der Waals surface area (Å²) >= 11 is -2.17. The molecule has 0 aromatic heterocycles. The zero-order valence-electron chi connectivity index (χ0n) is 10.3. The maximum atomic E-state index is 12.4. The van der Waals surface area contributed by atoms with E-state index in [4.69, 9.17) is 19.4 Å². The molecule has 0 saturated carbocycles. The van der Waals surface area contributed by atoms with Gasteiger partial charge in [0.05, 0.1) is 0 Å². The Balaban J connectivity index is 2.43. The van der Waals surface area contributed by atoms with Crippen molar-refractivity contribution in [3.8, 4) is 0 Å². The Bertz CT molecular complexity index is 582. The molecule has 110 valence electrons. The molecular formula is C12H12Cl2N2O3Ru. The van der Waals surface area contributed by atoms with Crippen molar-refractivity contribution in [2.75, 3.05) is 6.54 Å². The molecule has 2 rings (SSSR count). The summed E-state index contributed by atoms with van der Waals surface area (Å²) in [6, 6.07) is 3.94. The second-order valence-corrected chi connectivity index (χ2v) is 10.1. The van der Waals surface area contributed by atoms with Gasteiger partial charge in [-0.05, 0) is 0 Å². The van der Waals surface area contributed by atoms with Gasteiger partial charge in [0, 0.05) is 0 Å². The minimum atomic E-state index is -2.17. The minimum absolute atomic E-state index is 0.0626. The van der Waals surface area contributed by atoms with Crippen LogP contribution in [0.3, 0.4) is 0 Å². The van der Waals surface area contributed by atoms with E-state index in [2.05, 4.69) is 5.32 Å². The summed E-state index contributed by atoms with van der Waals surface area (Å²) in [7, 11) is 11.7. The van der Waals surface area contributed by atoms with Crippen LogP contribution in [0, 0.1) is 10.1 Å². The first-order valence-corrected chi connectivity index (χ1v) is 11.4. The molecule has 8 heteroatoms. The Hall–Kier alpha value is -0.677. The average molecular weight is 404 g/mol. The number of nitro benzene ring substituents is 1. The Morgan fingerprint density at radius 2 is 2.25 bits per heavy atom. The van der Waals surface area contributed by atoms with Crippen LogP contribution in [0.25, 0.3) is 0 Å². The first kappa shape index (κ1) is 15.7. The van der Waals surface area contributed by atoms with Crippen molar-refractivity contribution < 1.29 is 23.2 Å². The van der Waals surface area contributed by atoms with Crippen LogP contribution in [0.4, 0.5) is 5.69 Å². The van der Waals surface area contributed by atoms with Crippen molar-refractivity contribution >= 4 is 35.5 Å². The third-order valence-corrected chi connectivity index (χ3v) is 4.91. The van der Waals surface area contributed by atoms with Gasteiger partial charge >= 0.3 is 129 Å². The molecular weight excluding hydrogens is 392 g/mol. The summed E-state index contributed by atoms with van der Waals surface area (Å²) < 4.78 is 1.57. The number of nitrogens with zero attached hydrogens (tertiary/aromatic N) is 1. The fourth-order valence-electron chi connectivity index (χ4n) is 2.15. The molecule has 0 amide bonds. The molecule has 1 heterocycles. The van der Waals surface area contributed by atoms with Crippen LogP contribution < -0.4 is 5.32 Å². The predicted octanol–water partition coefficient (Wildman–Crippen LogP) is 2.61. The predicted molar refractivity (Wildman–Crippen MR) is 75.3 cm³/mol. The normalized spacial score (nSPS) is 18.7. The summed E-state index contributed by atoms with van der Waals surface area (Å²) in [6.07, 6.45) is 1.73. The molecule has 1 fully saturated rings. The molecule has 5 nitrogen and oxygen atoms in total. The van der Waals surface area contributed by atoms with Gasteiger partial charge in [0.15, 0.2) is 0 Å². The number of carbonyl (C=O) groups excluding carboxylic acids is 1. The summed E-state index contributed by atoms with van der Waals surface area (Å²) in [4.78, 5) is 22.7. The van der Waals surface area contributed by atoms with Gasteiger partial charge in [-0.1, -0.05) is 0 Å². The molecule has 0 spiro atoms. The number of nitro groups is 1. The summed E-state index contributed by atoms with van der Waals surface area (Å²) in [5, 5.41) is 13.9. The molecule has 1 saturated heterocycles.